The average Bonchev–Trinajstić information content (AvgIpc) is 2.98. The molecule has 2 heterocycles. The van der Waals surface area contributed by atoms with Crippen LogP contribution >= 0.6 is 11.6 Å². The van der Waals surface area contributed by atoms with E-state index in [1.165, 1.54) is 5.56 Å². The van der Waals surface area contributed by atoms with Crippen molar-refractivity contribution in [2.45, 2.75) is 12.3 Å². The summed E-state index contributed by atoms with van der Waals surface area (Å²) in [5, 5.41) is 4.48. The highest BCUT2D eigenvalue weighted by Crippen LogP contribution is 2.35. The maximum atomic E-state index is 6.42. The number of hydrogen-bond donors (Lipinski definition) is 1. The highest BCUT2D eigenvalue weighted by Gasteiger charge is 2.23. The van der Waals surface area contributed by atoms with Crippen molar-refractivity contribution in [1.82, 2.24) is 10.1 Å². The van der Waals surface area contributed by atoms with Gasteiger partial charge in [-0.3, -0.25) is 0 Å². The molecule has 1 fully saturated rings. The van der Waals surface area contributed by atoms with Crippen molar-refractivity contribution in [2.75, 3.05) is 25.9 Å². The first kappa shape index (κ1) is 12.5. The molecule has 0 spiro atoms. The molecule has 2 N–H and O–H groups in total. The number of anilines is 1. The standard InChI is InChI=1S/C14H16ClN3O/c1-18-5-4-10(8-18)11-3-2-9(6-13(11)15)12-7-17-19-14(12)16/h2-3,6-7,10H,4-5,8,16H2,1H3. The van der Waals surface area contributed by atoms with E-state index in [4.69, 9.17) is 21.9 Å². The molecule has 4 nitrogen and oxygen atoms in total. The van der Waals surface area contributed by atoms with Crippen molar-refractivity contribution in [3.63, 3.8) is 0 Å². The minimum atomic E-state index is 0.324. The van der Waals surface area contributed by atoms with Crippen LogP contribution < -0.4 is 5.73 Å². The zero-order valence-corrected chi connectivity index (χ0v) is 11.5. The van der Waals surface area contributed by atoms with Crippen LogP contribution in [0.1, 0.15) is 17.9 Å². The van der Waals surface area contributed by atoms with E-state index in [1.807, 2.05) is 12.1 Å². The third-order valence-corrected chi connectivity index (χ3v) is 4.07. The summed E-state index contributed by atoms with van der Waals surface area (Å²) in [6, 6.07) is 6.06. The highest BCUT2D eigenvalue weighted by molar-refractivity contribution is 6.31. The molecule has 0 radical (unpaired) electrons. The van der Waals surface area contributed by atoms with Crippen molar-refractivity contribution in [3.05, 3.63) is 35.0 Å². The minimum absolute atomic E-state index is 0.324. The molecule has 1 aromatic carbocycles. The number of aromatic nitrogens is 1. The molecule has 0 amide bonds. The first-order chi connectivity index (χ1) is 9.15. The van der Waals surface area contributed by atoms with Gasteiger partial charge in [0.15, 0.2) is 0 Å². The van der Waals surface area contributed by atoms with Crippen LogP contribution in [0.5, 0.6) is 0 Å². The molecule has 100 valence electrons. The molecule has 0 saturated carbocycles. The monoisotopic (exact) mass is 277 g/mol. The van der Waals surface area contributed by atoms with Crippen LogP contribution in [-0.2, 0) is 0 Å². The van der Waals surface area contributed by atoms with E-state index in [2.05, 4.69) is 23.2 Å². The van der Waals surface area contributed by atoms with E-state index >= 15 is 0 Å². The number of nitrogens with two attached hydrogens (primary N) is 1. The second-order valence-corrected chi connectivity index (χ2v) is 5.50. The van der Waals surface area contributed by atoms with Crippen LogP contribution in [0.2, 0.25) is 5.02 Å². The van der Waals surface area contributed by atoms with E-state index in [0.29, 0.717) is 11.8 Å². The number of benzene rings is 1. The molecule has 3 rings (SSSR count). The van der Waals surface area contributed by atoms with Gasteiger partial charge in [0.2, 0.25) is 5.88 Å². The SMILES string of the molecule is CN1CCC(c2ccc(-c3cnoc3N)cc2Cl)C1. The molecule has 1 saturated heterocycles. The third kappa shape index (κ3) is 2.33. The van der Waals surface area contributed by atoms with E-state index < -0.39 is 0 Å². The van der Waals surface area contributed by atoms with Gasteiger partial charge < -0.3 is 15.2 Å². The Labute approximate surface area is 117 Å². The van der Waals surface area contributed by atoms with Crippen LogP contribution in [0.4, 0.5) is 5.88 Å². The van der Waals surface area contributed by atoms with Gasteiger partial charge in [-0.15, -0.1) is 0 Å². The van der Waals surface area contributed by atoms with E-state index in [-0.39, 0.29) is 0 Å². The first-order valence-corrected chi connectivity index (χ1v) is 6.71. The lowest BCUT2D eigenvalue weighted by Crippen LogP contribution is -2.13. The maximum absolute atomic E-state index is 6.42. The van der Waals surface area contributed by atoms with Crippen LogP contribution in [0.25, 0.3) is 11.1 Å². The Morgan fingerprint density at radius 3 is 2.89 bits per heavy atom. The quantitative estimate of drug-likeness (QED) is 0.917. The molecular formula is C14H16ClN3O. The Bertz CT molecular complexity index is 596. The molecule has 19 heavy (non-hydrogen) atoms. The summed E-state index contributed by atoms with van der Waals surface area (Å²) in [4.78, 5) is 2.33. The molecule has 5 heteroatoms. The average molecular weight is 278 g/mol. The lowest BCUT2D eigenvalue weighted by atomic mass is 9.96. The molecule has 0 aliphatic carbocycles. The number of nitrogens with zero attached hydrogens (tertiary/aromatic N) is 2. The van der Waals surface area contributed by atoms with Gasteiger partial charge in [-0.1, -0.05) is 28.9 Å². The first-order valence-electron chi connectivity index (χ1n) is 6.33. The summed E-state index contributed by atoms with van der Waals surface area (Å²) in [6.45, 7) is 2.19. The molecule has 1 aromatic heterocycles. The second-order valence-electron chi connectivity index (χ2n) is 5.09. The lowest BCUT2D eigenvalue weighted by molar-refractivity contribution is 0.411. The summed E-state index contributed by atoms with van der Waals surface area (Å²) >= 11 is 6.42. The third-order valence-electron chi connectivity index (χ3n) is 3.74. The van der Waals surface area contributed by atoms with E-state index in [1.54, 1.807) is 6.20 Å². The molecular weight excluding hydrogens is 262 g/mol. The predicted molar refractivity (Wildman–Crippen MR) is 76.2 cm³/mol. The van der Waals surface area contributed by atoms with Gasteiger partial charge in [0, 0.05) is 11.6 Å². The number of likely N-dealkylation sites (N-methyl/N-ethyl adjacent to an activating group) is 1. The molecule has 1 unspecified atom stereocenters. The summed E-state index contributed by atoms with van der Waals surface area (Å²) in [7, 11) is 2.14. The summed E-state index contributed by atoms with van der Waals surface area (Å²) in [5.41, 5.74) is 8.67. The van der Waals surface area contributed by atoms with Gasteiger partial charge in [-0.25, -0.2) is 0 Å². The van der Waals surface area contributed by atoms with Gasteiger partial charge in [0.05, 0.1) is 11.8 Å². The molecule has 0 bridgehead atoms. The van der Waals surface area contributed by atoms with Crippen molar-refractivity contribution in [3.8, 4) is 11.1 Å². The Morgan fingerprint density at radius 2 is 2.32 bits per heavy atom. The van der Waals surface area contributed by atoms with Crippen LogP contribution in [-0.4, -0.2) is 30.2 Å². The number of rotatable bonds is 2. The summed E-state index contributed by atoms with van der Waals surface area (Å²) in [5.74, 6) is 0.843. The van der Waals surface area contributed by atoms with Gasteiger partial charge in [-0.05, 0) is 43.1 Å². The highest BCUT2D eigenvalue weighted by atomic mass is 35.5. The lowest BCUT2D eigenvalue weighted by Gasteiger charge is -2.13. The topological polar surface area (TPSA) is 55.3 Å². The minimum Gasteiger partial charge on any atom is -0.367 e. The Kier molecular flexibility index (Phi) is 3.21. The summed E-state index contributed by atoms with van der Waals surface area (Å²) < 4.78 is 4.88. The number of halogens is 1. The Morgan fingerprint density at radius 1 is 1.47 bits per heavy atom. The Hall–Kier alpha value is -1.52. The largest absolute Gasteiger partial charge is 0.367 e. The van der Waals surface area contributed by atoms with Crippen molar-refractivity contribution in [1.29, 1.82) is 0 Å². The van der Waals surface area contributed by atoms with Crippen molar-refractivity contribution < 1.29 is 4.52 Å². The van der Waals surface area contributed by atoms with Crippen LogP contribution in [0.3, 0.4) is 0 Å². The normalized spacial score (nSPS) is 20.0. The second kappa shape index (κ2) is 4.87. The fourth-order valence-electron chi connectivity index (χ4n) is 2.68. The van der Waals surface area contributed by atoms with Gasteiger partial charge in [0.25, 0.3) is 0 Å². The van der Waals surface area contributed by atoms with Gasteiger partial charge >= 0.3 is 0 Å². The van der Waals surface area contributed by atoms with Gasteiger partial charge in [-0.2, -0.15) is 0 Å². The van der Waals surface area contributed by atoms with Crippen LogP contribution in [0, 0.1) is 0 Å². The molecule has 1 aliphatic rings. The molecule has 2 aromatic rings. The number of hydrogen-bond acceptors (Lipinski definition) is 4. The predicted octanol–water partition coefficient (Wildman–Crippen LogP) is 3.00. The smallest absolute Gasteiger partial charge is 0.229 e. The number of likely N-dealkylation sites (tertiary alicyclic amines) is 1. The fourth-order valence-corrected chi connectivity index (χ4v) is 3.01. The zero-order chi connectivity index (χ0) is 13.4. The Balaban J connectivity index is 1.92. The van der Waals surface area contributed by atoms with E-state index in [9.17, 15) is 0 Å². The number of nitrogen functional groups attached to an aromatic ring is 1. The maximum Gasteiger partial charge on any atom is 0.229 e. The fraction of sp³-hybridized carbons (Fsp3) is 0.357. The molecule has 1 atom stereocenters. The van der Waals surface area contributed by atoms with Crippen molar-refractivity contribution >= 4 is 17.5 Å². The molecule has 1 aliphatic heterocycles. The summed E-state index contributed by atoms with van der Waals surface area (Å²) in [6.07, 6.45) is 2.77. The zero-order valence-electron chi connectivity index (χ0n) is 10.8. The van der Waals surface area contributed by atoms with Crippen molar-refractivity contribution in [2.24, 2.45) is 0 Å². The van der Waals surface area contributed by atoms with Gasteiger partial charge in [0.1, 0.15) is 0 Å². The van der Waals surface area contributed by atoms with Crippen LogP contribution in [0.15, 0.2) is 28.9 Å². The van der Waals surface area contributed by atoms with E-state index in [0.717, 1.165) is 35.7 Å².